The topological polar surface area (TPSA) is 73.0 Å². The van der Waals surface area contributed by atoms with Crippen LogP contribution in [0.3, 0.4) is 0 Å². The van der Waals surface area contributed by atoms with Crippen molar-refractivity contribution in [3.63, 3.8) is 0 Å². The SMILES string of the molecule is CN1CCN(c2ccccc2CNC(=O)CCN2C(=O)c3ccccc3C2=O)CC1. The molecule has 0 spiro atoms. The van der Waals surface area contributed by atoms with Crippen molar-refractivity contribution < 1.29 is 14.4 Å². The van der Waals surface area contributed by atoms with Gasteiger partial charge in [-0.05, 0) is 30.8 Å². The summed E-state index contributed by atoms with van der Waals surface area (Å²) in [5.74, 6) is -0.840. The molecule has 156 valence electrons. The highest BCUT2D eigenvalue weighted by Crippen LogP contribution is 2.23. The van der Waals surface area contributed by atoms with Crippen molar-refractivity contribution in [1.29, 1.82) is 0 Å². The molecule has 3 amide bonds. The molecule has 2 aliphatic rings. The number of nitrogens with one attached hydrogen (secondary N) is 1. The van der Waals surface area contributed by atoms with Gasteiger partial charge >= 0.3 is 0 Å². The standard InChI is InChI=1S/C23H26N4O3/c1-25-12-14-26(15-13-25)20-9-5-2-6-17(20)16-24-21(28)10-11-27-22(29)18-7-3-4-8-19(18)23(27)30/h2-9H,10-16H2,1H3,(H,24,28). The van der Waals surface area contributed by atoms with E-state index in [0.717, 1.165) is 42.3 Å². The zero-order valence-corrected chi connectivity index (χ0v) is 17.1. The number of imide groups is 1. The molecule has 7 heteroatoms. The summed E-state index contributed by atoms with van der Waals surface area (Å²) in [5.41, 5.74) is 3.02. The zero-order chi connectivity index (χ0) is 21.1. The van der Waals surface area contributed by atoms with Gasteiger partial charge in [0.1, 0.15) is 0 Å². The Hall–Kier alpha value is -3.19. The third-order valence-corrected chi connectivity index (χ3v) is 5.75. The first-order valence-electron chi connectivity index (χ1n) is 10.3. The molecule has 2 aromatic carbocycles. The first-order chi connectivity index (χ1) is 14.5. The lowest BCUT2D eigenvalue weighted by molar-refractivity contribution is -0.121. The smallest absolute Gasteiger partial charge is 0.261 e. The quantitative estimate of drug-likeness (QED) is 0.740. The van der Waals surface area contributed by atoms with Crippen molar-refractivity contribution in [3.05, 3.63) is 65.2 Å². The van der Waals surface area contributed by atoms with Crippen LogP contribution in [0.2, 0.25) is 0 Å². The molecule has 2 aliphatic heterocycles. The van der Waals surface area contributed by atoms with E-state index in [1.54, 1.807) is 24.3 Å². The van der Waals surface area contributed by atoms with Crippen LogP contribution in [0.1, 0.15) is 32.7 Å². The Bertz CT molecular complexity index is 931. The van der Waals surface area contributed by atoms with Crippen LogP contribution in [0.5, 0.6) is 0 Å². The van der Waals surface area contributed by atoms with Crippen molar-refractivity contribution in [3.8, 4) is 0 Å². The van der Waals surface area contributed by atoms with Gasteiger partial charge in [0.15, 0.2) is 0 Å². The van der Waals surface area contributed by atoms with E-state index in [-0.39, 0.29) is 30.7 Å². The molecular weight excluding hydrogens is 380 g/mol. The summed E-state index contributed by atoms with van der Waals surface area (Å²) in [7, 11) is 2.12. The molecule has 1 fully saturated rings. The Morgan fingerprint density at radius 1 is 0.900 bits per heavy atom. The molecule has 7 nitrogen and oxygen atoms in total. The Labute approximate surface area is 176 Å². The number of hydrogen-bond donors (Lipinski definition) is 1. The monoisotopic (exact) mass is 406 g/mol. The lowest BCUT2D eigenvalue weighted by atomic mass is 10.1. The van der Waals surface area contributed by atoms with E-state index in [0.29, 0.717) is 17.7 Å². The van der Waals surface area contributed by atoms with Gasteiger partial charge < -0.3 is 15.1 Å². The van der Waals surface area contributed by atoms with Crippen LogP contribution in [-0.4, -0.2) is 67.3 Å². The zero-order valence-electron chi connectivity index (χ0n) is 17.1. The average molecular weight is 406 g/mol. The fourth-order valence-electron chi connectivity index (χ4n) is 3.95. The summed E-state index contributed by atoms with van der Waals surface area (Å²) in [6.07, 6.45) is 0.0855. The van der Waals surface area contributed by atoms with Crippen molar-refractivity contribution in [2.24, 2.45) is 0 Å². The van der Waals surface area contributed by atoms with Gasteiger partial charge in [0.2, 0.25) is 5.91 Å². The maximum atomic E-state index is 12.4. The van der Waals surface area contributed by atoms with E-state index in [9.17, 15) is 14.4 Å². The second-order valence-corrected chi connectivity index (χ2v) is 7.75. The van der Waals surface area contributed by atoms with Gasteiger partial charge in [0, 0.05) is 51.4 Å². The molecule has 0 saturated carbocycles. The number of nitrogens with zero attached hydrogens (tertiary/aromatic N) is 3. The predicted octanol–water partition coefficient (Wildman–Crippen LogP) is 1.74. The van der Waals surface area contributed by atoms with E-state index < -0.39 is 0 Å². The van der Waals surface area contributed by atoms with E-state index in [4.69, 9.17) is 0 Å². The Balaban J connectivity index is 1.32. The van der Waals surface area contributed by atoms with Crippen molar-refractivity contribution in [2.75, 3.05) is 44.7 Å². The second-order valence-electron chi connectivity index (χ2n) is 7.75. The molecule has 0 bridgehead atoms. The number of likely N-dealkylation sites (N-methyl/N-ethyl adjacent to an activating group) is 1. The summed E-state index contributed by atoms with van der Waals surface area (Å²) < 4.78 is 0. The number of para-hydroxylation sites is 1. The van der Waals surface area contributed by atoms with Crippen molar-refractivity contribution in [1.82, 2.24) is 15.1 Å². The minimum atomic E-state index is -0.330. The third-order valence-electron chi connectivity index (χ3n) is 5.75. The van der Waals surface area contributed by atoms with E-state index in [1.807, 2.05) is 18.2 Å². The number of hydrogen-bond acceptors (Lipinski definition) is 5. The normalized spacial score (nSPS) is 16.7. The molecule has 30 heavy (non-hydrogen) atoms. The van der Waals surface area contributed by atoms with E-state index >= 15 is 0 Å². The average Bonchev–Trinajstić information content (AvgIpc) is 3.02. The number of rotatable bonds is 6. The number of benzene rings is 2. The summed E-state index contributed by atoms with van der Waals surface area (Å²) >= 11 is 0. The Kier molecular flexibility index (Phi) is 5.81. The van der Waals surface area contributed by atoms with Gasteiger partial charge in [0.05, 0.1) is 11.1 Å². The van der Waals surface area contributed by atoms with Crippen LogP contribution in [0.4, 0.5) is 5.69 Å². The van der Waals surface area contributed by atoms with Gasteiger partial charge in [-0.3, -0.25) is 19.3 Å². The second kappa shape index (κ2) is 8.67. The first kappa shape index (κ1) is 20.1. The van der Waals surface area contributed by atoms with Crippen LogP contribution in [0, 0.1) is 0 Å². The van der Waals surface area contributed by atoms with Gasteiger partial charge in [-0.15, -0.1) is 0 Å². The molecule has 1 N–H and O–H groups in total. The van der Waals surface area contributed by atoms with Crippen LogP contribution < -0.4 is 10.2 Å². The van der Waals surface area contributed by atoms with Crippen molar-refractivity contribution >= 4 is 23.4 Å². The van der Waals surface area contributed by atoms with Gasteiger partial charge in [-0.25, -0.2) is 0 Å². The lowest BCUT2D eigenvalue weighted by Crippen LogP contribution is -2.45. The summed E-state index contributed by atoms with van der Waals surface area (Å²) in [6, 6.07) is 14.9. The van der Waals surface area contributed by atoms with Crippen LogP contribution in [-0.2, 0) is 11.3 Å². The van der Waals surface area contributed by atoms with E-state index in [1.165, 1.54) is 0 Å². The minimum absolute atomic E-state index is 0.0816. The number of piperazine rings is 1. The number of carbonyl (C=O) groups excluding carboxylic acids is 3. The molecular formula is C23H26N4O3. The van der Waals surface area contributed by atoms with E-state index in [2.05, 4.69) is 28.2 Å². The third kappa shape index (κ3) is 4.07. The molecule has 0 unspecified atom stereocenters. The Morgan fingerprint density at radius 2 is 1.50 bits per heavy atom. The van der Waals surface area contributed by atoms with Crippen LogP contribution in [0.15, 0.2) is 48.5 Å². The molecule has 0 atom stereocenters. The maximum absolute atomic E-state index is 12.4. The minimum Gasteiger partial charge on any atom is -0.369 e. The summed E-state index contributed by atoms with van der Waals surface area (Å²) in [5, 5.41) is 2.94. The van der Waals surface area contributed by atoms with Gasteiger partial charge in [-0.1, -0.05) is 30.3 Å². The fourth-order valence-corrected chi connectivity index (χ4v) is 3.95. The van der Waals surface area contributed by atoms with Gasteiger partial charge in [-0.2, -0.15) is 0 Å². The number of anilines is 1. The highest BCUT2D eigenvalue weighted by atomic mass is 16.2. The van der Waals surface area contributed by atoms with Crippen LogP contribution in [0.25, 0.3) is 0 Å². The largest absolute Gasteiger partial charge is 0.369 e. The maximum Gasteiger partial charge on any atom is 0.261 e. The summed E-state index contributed by atoms with van der Waals surface area (Å²) in [4.78, 5) is 43.0. The molecule has 0 aromatic heterocycles. The number of fused-ring (bicyclic) bond motifs is 1. The van der Waals surface area contributed by atoms with Crippen LogP contribution >= 0.6 is 0 Å². The highest BCUT2D eigenvalue weighted by molar-refractivity contribution is 6.21. The lowest BCUT2D eigenvalue weighted by Gasteiger charge is -2.35. The molecule has 2 aromatic rings. The molecule has 1 saturated heterocycles. The molecule has 2 heterocycles. The van der Waals surface area contributed by atoms with Gasteiger partial charge in [0.25, 0.3) is 11.8 Å². The van der Waals surface area contributed by atoms with Crippen molar-refractivity contribution in [2.45, 2.75) is 13.0 Å². The number of carbonyl (C=O) groups is 3. The molecule has 0 radical (unpaired) electrons. The Morgan fingerprint density at radius 3 is 2.17 bits per heavy atom. The highest BCUT2D eigenvalue weighted by Gasteiger charge is 2.34. The molecule has 4 rings (SSSR count). The first-order valence-corrected chi connectivity index (χ1v) is 10.3. The predicted molar refractivity (Wildman–Crippen MR) is 114 cm³/mol. The number of amides is 3. The summed E-state index contributed by atoms with van der Waals surface area (Å²) in [6.45, 7) is 4.45. The molecule has 0 aliphatic carbocycles. The fraction of sp³-hybridized carbons (Fsp3) is 0.348.